The molecule has 2 fully saturated rings. The Balaban J connectivity index is 1.54. The van der Waals surface area contributed by atoms with Gasteiger partial charge < -0.3 is 15.3 Å². The Morgan fingerprint density at radius 1 is 1.29 bits per heavy atom. The molecule has 2 bridgehead atoms. The number of alkyl halides is 2. The molecular formula is C19H18F3N5O. The van der Waals surface area contributed by atoms with E-state index in [-0.39, 0.29) is 41.1 Å². The van der Waals surface area contributed by atoms with Crippen molar-refractivity contribution in [2.24, 2.45) is 0 Å². The van der Waals surface area contributed by atoms with Crippen LogP contribution >= 0.6 is 0 Å². The number of nitrogens with zero attached hydrogens (tertiary/aromatic N) is 4. The summed E-state index contributed by atoms with van der Waals surface area (Å²) in [6, 6.07) is 2.59. The van der Waals surface area contributed by atoms with Gasteiger partial charge in [0.2, 0.25) is 0 Å². The van der Waals surface area contributed by atoms with E-state index in [0.717, 1.165) is 12.1 Å². The summed E-state index contributed by atoms with van der Waals surface area (Å²) >= 11 is 0. The highest BCUT2D eigenvalue weighted by Crippen LogP contribution is 2.40. The van der Waals surface area contributed by atoms with E-state index in [1.54, 1.807) is 13.1 Å². The second-order valence-electron chi connectivity index (χ2n) is 7.34. The molecule has 28 heavy (non-hydrogen) atoms. The molecule has 0 saturated carbocycles. The number of anilines is 1. The predicted molar refractivity (Wildman–Crippen MR) is 95.5 cm³/mol. The Bertz CT molecular complexity index is 944. The van der Waals surface area contributed by atoms with Crippen LogP contribution in [0.1, 0.15) is 24.8 Å². The Kier molecular flexibility index (Phi) is 4.38. The van der Waals surface area contributed by atoms with E-state index in [1.165, 1.54) is 12.4 Å². The number of piperidine rings is 1. The van der Waals surface area contributed by atoms with Crippen LogP contribution in [0.4, 0.5) is 19.0 Å². The minimum atomic E-state index is -2.69. The molecule has 4 rings (SSSR count). The van der Waals surface area contributed by atoms with Crippen LogP contribution in [0.3, 0.4) is 0 Å². The van der Waals surface area contributed by atoms with Crippen LogP contribution in [0.25, 0.3) is 11.3 Å². The van der Waals surface area contributed by atoms with Gasteiger partial charge in [-0.2, -0.15) is 5.26 Å². The number of benzene rings is 1. The van der Waals surface area contributed by atoms with Gasteiger partial charge in [0.05, 0.1) is 29.7 Å². The summed E-state index contributed by atoms with van der Waals surface area (Å²) in [5.41, 5.74) is 0.107. The van der Waals surface area contributed by atoms with Crippen LogP contribution < -0.4 is 10.2 Å². The number of phenolic OH excluding ortho intramolecular Hbond substituents is 1. The summed E-state index contributed by atoms with van der Waals surface area (Å²) in [7, 11) is 1.79. The minimum absolute atomic E-state index is 0.0921. The van der Waals surface area contributed by atoms with Crippen molar-refractivity contribution in [3.05, 3.63) is 35.9 Å². The number of halogens is 3. The first kappa shape index (κ1) is 18.5. The van der Waals surface area contributed by atoms with Gasteiger partial charge in [-0.3, -0.25) is 4.98 Å². The number of nitriles is 1. The summed E-state index contributed by atoms with van der Waals surface area (Å²) < 4.78 is 41.7. The second-order valence-corrected chi connectivity index (χ2v) is 7.34. The Morgan fingerprint density at radius 3 is 2.71 bits per heavy atom. The third-order valence-electron chi connectivity index (χ3n) is 5.56. The molecule has 0 spiro atoms. The lowest BCUT2D eigenvalue weighted by Gasteiger charge is -2.36. The highest BCUT2D eigenvalue weighted by atomic mass is 19.3. The number of rotatable bonds is 3. The quantitative estimate of drug-likeness (QED) is 0.840. The summed E-state index contributed by atoms with van der Waals surface area (Å²) in [4.78, 5) is 10.4. The monoisotopic (exact) mass is 389 g/mol. The first-order valence-electron chi connectivity index (χ1n) is 8.90. The lowest BCUT2D eigenvalue weighted by Crippen LogP contribution is -2.49. The van der Waals surface area contributed by atoms with Crippen LogP contribution in [-0.4, -0.2) is 46.2 Å². The minimum Gasteiger partial charge on any atom is -0.507 e. The van der Waals surface area contributed by atoms with E-state index in [9.17, 15) is 18.3 Å². The topological polar surface area (TPSA) is 85.1 Å². The molecular weight excluding hydrogens is 371 g/mol. The molecule has 2 aromatic rings. The van der Waals surface area contributed by atoms with Crippen LogP contribution in [0, 0.1) is 17.1 Å². The van der Waals surface area contributed by atoms with Gasteiger partial charge in [0, 0.05) is 37.2 Å². The maximum absolute atomic E-state index is 13.9. The fraction of sp³-hybridized carbons (Fsp3) is 0.421. The SMILES string of the molecule is CN(c1cnc(-c2cc(F)c(C#N)cc2O)cn1)[C@@H]1CC2CC(F)(F)C(C1)N2. The van der Waals surface area contributed by atoms with Crippen molar-refractivity contribution in [2.75, 3.05) is 11.9 Å². The van der Waals surface area contributed by atoms with Crippen molar-refractivity contribution in [2.45, 2.75) is 43.3 Å². The number of hydrogen-bond donors (Lipinski definition) is 2. The fourth-order valence-corrected chi connectivity index (χ4v) is 4.02. The fourth-order valence-electron chi connectivity index (χ4n) is 4.02. The molecule has 0 radical (unpaired) electrons. The summed E-state index contributed by atoms with van der Waals surface area (Å²) in [5, 5.41) is 21.8. The molecule has 6 nitrogen and oxygen atoms in total. The summed E-state index contributed by atoms with van der Waals surface area (Å²) in [6.07, 6.45) is 3.61. The van der Waals surface area contributed by atoms with Crippen molar-refractivity contribution >= 4 is 5.82 Å². The van der Waals surface area contributed by atoms with Crippen LogP contribution in [0.5, 0.6) is 5.75 Å². The molecule has 2 saturated heterocycles. The van der Waals surface area contributed by atoms with E-state index in [0.29, 0.717) is 18.7 Å². The van der Waals surface area contributed by atoms with Gasteiger partial charge in [0.15, 0.2) is 0 Å². The zero-order valence-electron chi connectivity index (χ0n) is 15.0. The summed E-state index contributed by atoms with van der Waals surface area (Å²) in [6.45, 7) is 0. The number of aromatic nitrogens is 2. The van der Waals surface area contributed by atoms with Gasteiger partial charge in [-0.1, -0.05) is 0 Å². The van der Waals surface area contributed by atoms with Crippen molar-refractivity contribution < 1.29 is 18.3 Å². The van der Waals surface area contributed by atoms with Crippen LogP contribution in [0.15, 0.2) is 24.5 Å². The van der Waals surface area contributed by atoms with Crippen molar-refractivity contribution in [1.82, 2.24) is 15.3 Å². The number of phenols is 1. The average Bonchev–Trinajstić information content (AvgIpc) is 2.89. The van der Waals surface area contributed by atoms with E-state index < -0.39 is 17.8 Å². The van der Waals surface area contributed by atoms with Gasteiger partial charge in [0.1, 0.15) is 23.5 Å². The van der Waals surface area contributed by atoms with Gasteiger partial charge in [0.25, 0.3) is 5.92 Å². The third kappa shape index (κ3) is 3.14. The maximum Gasteiger partial charge on any atom is 0.264 e. The van der Waals surface area contributed by atoms with E-state index in [2.05, 4.69) is 15.3 Å². The predicted octanol–water partition coefficient (Wildman–Crippen LogP) is 2.82. The molecule has 3 heterocycles. The zero-order valence-corrected chi connectivity index (χ0v) is 15.0. The molecule has 0 aliphatic carbocycles. The highest BCUT2D eigenvalue weighted by molar-refractivity contribution is 5.68. The highest BCUT2D eigenvalue weighted by Gasteiger charge is 2.53. The molecule has 0 amide bonds. The normalized spacial score (nSPS) is 25.3. The van der Waals surface area contributed by atoms with E-state index in [4.69, 9.17) is 5.26 Å². The zero-order chi connectivity index (χ0) is 20.1. The molecule has 9 heteroatoms. The van der Waals surface area contributed by atoms with Gasteiger partial charge in [-0.05, 0) is 18.9 Å². The van der Waals surface area contributed by atoms with Crippen LogP contribution in [-0.2, 0) is 0 Å². The van der Waals surface area contributed by atoms with Gasteiger partial charge >= 0.3 is 0 Å². The molecule has 2 aliphatic heterocycles. The average molecular weight is 389 g/mol. The number of nitrogens with one attached hydrogen (secondary N) is 1. The molecule has 146 valence electrons. The molecule has 2 N–H and O–H groups in total. The summed E-state index contributed by atoms with van der Waals surface area (Å²) in [5.74, 6) is -3.21. The largest absolute Gasteiger partial charge is 0.507 e. The Morgan fingerprint density at radius 2 is 2.07 bits per heavy atom. The smallest absolute Gasteiger partial charge is 0.264 e. The van der Waals surface area contributed by atoms with Gasteiger partial charge in [-0.25, -0.2) is 18.2 Å². The first-order valence-corrected chi connectivity index (χ1v) is 8.90. The molecule has 1 aromatic carbocycles. The van der Waals surface area contributed by atoms with Crippen molar-refractivity contribution in [1.29, 1.82) is 5.26 Å². The third-order valence-corrected chi connectivity index (χ3v) is 5.56. The first-order chi connectivity index (χ1) is 13.3. The van der Waals surface area contributed by atoms with E-state index >= 15 is 0 Å². The Labute approximate surface area is 159 Å². The molecule has 3 atom stereocenters. The van der Waals surface area contributed by atoms with E-state index in [1.807, 2.05) is 4.90 Å². The Hall–Kier alpha value is -2.86. The number of fused-ring (bicyclic) bond motifs is 2. The molecule has 2 aliphatic rings. The lowest BCUT2D eigenvalue weighted by molar-refractivity contribution is -0.0128. The standard InChI is InChI=1S/C19H18F3N5O/c1-27(12-3-11-6-19(21,22)17(4-12)26-11)18-9-24-15(8-25-18)13-5-14(20)10(7-23)2-16(13)28/h2,5,8-9,11-12,17,26,28H,3-4,6H2,1H3/t11?,12-,17?/m1/s1. The van der Waals surface area contributed by atoms with Gasteiger partial charge in [-0.15, -0.1) is 0 Å². The maximum atomic E-state index is 13.9. The second kappa shape index (κ2) is 6.63. The van der Waals surface area contributed by atoms with Crippen molar-refractivity contribution in [3.63, 3.8) is 0 Å². The molecule has 2 unspecified atom stereocenters. The van der Waals surface area contributed by atoms with Crippen LogP contribution in [0.2, 0.25) is 0 Å². The molecule has 1 aromatic heterocycles. The lowest BCUT2D eigenvalue weighted by atomic mass is 9.98. The number of hydrogen-bond acceptors (Lipinski definition) is 6. The number of aromatic hydroxyl groups is 1. The van der Waals surface area contributed by atoms with Crippen molar-refractivity contribution in [3.8, 4) is 23.1 Å².